The number of rotatable bonds is 16. The second-order valence-electron chi connectivity index (χ2n) is 11.2. The van der Waals surface area contributed by atoms with E-state index in [0.29, 0.717) is 36.0 Å². The molecule has 0 bridgehead atoms. The van der Waals surface area contributed by atoms with Gasteiger partial charge in [-0.05, 0) is 62.6 Å². The van der Waals surface area contributed by atoms with Crippen LogP contribution in [0, 0.1) is 0 Å². The summed E-state index contributed by atoms with van der Waals surface area (Å²) in [6.45, 7) is 7.38. The van der Waals surface area contributed by atoms with Gasteiger partial charge in [0.15, 0.2) is 0 Å². The quantitative estimate of drug-likeness (QED) is 0.144. The maximum atomic E-state index is 12.6. The molecule has 1 atom stereocenters. The number of aromatic nitrogens is 3. The van der Waals surface area contributed by atoms with Crippen LogP contribution in [0.3, 0.4) is 0 Å². The first-order chi connectivity index (χ1) is 20.1. The molecule has 2 aromatic carbocycles. The van der Waals surface area contributed by atoms with Crippen molar-refractivity contribution in [2.75, 3.05) is 13.2 Å². The van der Waals surface area contributed by atoms with E-state index in [1.165, 1.54) is 6.20 Å². The number of hydrogen-bond acceptors (Lipinski definition) is 7. The van der Waals surface area contributed by atoms with Crippen molar-refractivity contribution in [1.29, 1.82) is 0 Å². The summed E-state index contributed by atoms with van der Waals surface area (Å²) in [7, 11) is 0. The van der Waals surface area contributed by atoms with Crippen LogP contribution in [0.4, 0.5) is 0 Å². The highest BCUT2D eigenvalue weighted by Gasteiger charge is 2.20. The molecule has 0 saturated heterocycles. The number of aromatic amines is 1. The molecule has 224 valence electrons. The van der Waals surface area contributed by atoms with E-state index in [2.05, 4.69) is 36.1 Å². The third-order valence-corrected chi connectivity index (χ3v) is 7.05. The van der Waals surface area contributed by atoms with Crippen LogP contribution in [0.5, 0.6) is 17.4 Å². The van der Waals surface area contributed by atoms with Gasteiger partial charge in [-0.25, -0.2) is 9.78 Å². The summed E-state index contributed by atoms with van der Waals surface area (Å²) in [4.78, 5) is 30.8. The maximum absolute atomic E-state index is 12.6. The summed E-state index contributed by atoms with van der Waals surface area (Å²) < 4.78 is 13.5. The van der Waals surface area contributed by atoms with Crippen molar-refractivity contribution < 1.29 is 19.4 Å². The zero-order valence-electron chi connectivity index (χ0n) is 24.6. The van der Waals surface area contributed by atoms with E-state index in [4.69, 9.17) is 15.2 Å². The Bertz CT molecular complexity index is 1510. The Morgan fingerprint density at radius 3 is 2.60 bits per heavy atom. The van der Waals surface area contributed by atoms with Crippen molar-refractivity contribution >= 4 is 16.9 Å². The largest absolute Gasteiger partial charge is 0.489 e. The highest BCUT2D eigenvalue weighted by atomic mass is 16.5. The number of aliphatic hydroxyl groups is 1. The first-order valence-corrected chi connectivity index (χ1v) is 14.5. The highest BCUT2D eigenvalue weighted by molar-refractivity contribution is 5.92. The molecule has 0 spiro atoms. The van der Waals surface area contributed by atoms with Crippen LogP contribution in [0.15, 0.2) is 65.6 Å². The first kappa shape index (κ1) is 30.8. The summed E-state index contributed by atoms with van der Waals surface area (Å²) in [5, 5.41) is 14.1. The standard InChI is InChI=1S/C32H41N5O5/c1-4-5-6-7-17-37-29-26(36-31(37)40)9-8-10-27(29)41-21-24(38)20-35-32(2,3)18-22-11-14-25(15-12-22)42-28-16-13-23(19-34-28)30(33)39/h8-16,19,24,35,38H,4-7,17-18,20-21H2,1-3H3,(H2,33,39)(H,36,40). The van der Waals surface area contributed by atoms with Crippen molar-refractivity contribution in [2.24, 2.45) is 5.73 Å². The fourth-order valence-corrected chi connectivity index (χ4v) is 4.81. The number of nitrogens with one attached hydrogen (secondary N) is 2. The molecule has 2 heterocycles. The lowest BCUT2D eigenvalue weighted by Gasteiger charge is -2.28. The van der Waals surface area contributed by atoms with E-state index in [0.717, 1.165) is 48.7 Å². The summed E-state index contributed by atoms with van der Waals surface area (Å²) >= 11 is 0. The molecule has 1 amide bonds. The molecule has 0 radical (unpaired) electrons. The van der Waals surface area contributed by atoms with Gasteiger partial charge in [0.1, 0.15) is 29.7 Å². The zero-order valence-corrected chi connectivity index (χ0v) is 24.6. The van der Waals surface area contributed by atoms with Gasteiger partial charge in [0, 0.05) is 30.9 Å². The summed E-state index contributed by atoms with van der Waals surface area (Å²) in [6, 6.07) is 16.4. The number of ether oxygens (including phenoxy) is 2. The normalized spacial score (nSPS) is 12.4. The van der Waals surface area contributed by atoms with Crippen LogP contribution < -0.4 is 26.2 Å². The Hall–Kier alpha value is -4.15. The number of nitrogens with zero attached hydrogens (tertiary/aromatic N) is 2. The molecule has 10 nitrogen and oxygen atoms in total. The van der Waals surface area contributed by atoms with E-state index in [1.807, 2.05) is 42.5 Å². The molecule has 4 rings (SSSR count). The highest BCUT2D eigenvalue weighted by Crippen LogP contribution is 2.25. The number of para-hydroxylation sites is 1. The Morgan fingerprint density at radius 2 is 1.90 bits per heavy atom. The van der Waals surface area contributed by atoms with Gasteiger partial charge in [0.25, 0.3) is 0 Å². The maximum Gasteiger partial charge on any atom is 0.326 e. The van der Waals surface area contributed by atoms with E-state index in [-0.39, 0.29) is 17.8 Å². The van der Waals surface area contributed by atoms with Gasteiger partial charge in [-0.2, -0.15) is 0 Å². The van der Waals surface area contributed by atoms with Gasteiger partial charge in [-0.15, -0.1) is 0 Å². The summed E-state index contributed by atoms with van der Waals surface area (Å²) in [5.74, 6) is 1.04. The van der Waals surface area contributed by atoms with Gasteiger partial charge in [-0.3, -0.25) is 9.36 Å². The van der Waals surface area contributed by atoms with Gasteiger partial charge >= 0.3 is 5.69 Å². The van der Waals surface area contributed by atoms with Crippen LogP contribution in [-0.2, 0) is 13.0 Å². The molecular weight excluding hydrogens is 534 g/mol. The average Bonchev–Trinajstić information content (AvgIpc) is 3.29. The third-order valence-electron chi connectivity index (χ3n) is 7.05. The number of aliphatic hydroxyl groups excluding tert-OH is 1. The van der Waals surface area contributed by atoms with Gasteiger partial charge in [0.2, 0.25) is 11.8 Å². The molecule has 10 heteroatoms. The predicted molar refractivity (Wildman–Crippen MR) is 163 cm³/mol. The topological polar surface area (TPSA) is 144 Å². The lowest BCUT2D eigenvalue weighted by Crippen LogP contribution is -2.46. The Kier molecular flexibility index (Phi) is 10.4. The van der Waals surface area contributed by atoms with Crippen molar-refractivity contribution in [2.45, 2.75) is 71.1 Å². The fourth-order valence-electron chi connectivity index (χ4n) is 4.81. The summed E-state index contributed by atoms with van der Waals surface area (Å²) in [5.41, 5.74) is 7.70. The number of β-amino-alcohol motifs (C(OH)–C–C–N with tert-alkyl or cyclic N) is 1. The van der Waals surface area contributed by atoms with Crippen molar-refractivity contribution in [3.05, 3.63) is 82.4 Å². The number of nitrogens with two attached hydrogens (primary N) is 1. The smallest absolute Gasteiger partial charge is 0.326 e. The van der Waals surface area contributed by atoms with Crippen LogP contribution >= 0.6 is 0 Å². The number of hydrogen-bond donors (Lipinski definition) is 4. The van der Waals surface area contributed by atoms with E-state index >= 15 is 0 Å². The molecule has 5 N–H and O–H groups in total. The Labute approximate surface area is 245 Å². The SMILES string of the molecule is CCCCCCn1c(=O)[nH]c2cccc(OCC(O)CNC(C)(C)Cc3ccc(Oc4ccc(C(N)=O)cn4)cc3)c21. The van der Waals surface area contributed by atoms with Crippen LogP contribution in [0.25, 0.3) is 11.0 Å². The minimum absolute atomic E-state index is 0.0951. The van der Waals surface area contributed by atoms with Crippen molar-refractivity contribution in [3.63, 3.8) is 0 Å². The van der Waals surface area contributed by atoms with Crippen LogP contribution in [0.2, 0.25) is 0 Å². The molecule has 42 heavy (non-hydrogen) atoms. The number of primary amides is 1. The zero-order chi connectivity index (χ0) is 30.1. The minimum atomic E-state index is -0.743. The molecule has 0 saturated carbocycles. The van der Waals surface area contributed by atoms with E-state index in [1.54, 1.807) is 16.7 Å². The minimum Gasteiger partial charge on any atom is -0.489 e. The number of unbranched alkanes of at least 4 members (excludes halogenated alkanes) is 3. The first-order valence-electron chi connectivity index (χ1n) is 14.5. The van der Waals surface area contributed by atoms with Crippen LogP contribution in [-0.4, -0.2) is 50.3 Å². The molecule has 0 aliphatic heterocycles. The Balaban J connectivity index is 1.28. The van der Waals surface area contributed by atoms with Crippen LogP contribution in [0.1, 0.15) is 62.4 Å². The number of fused-ring (bicyclic) bond motifs is 1. The molecular formula is C32H41N5O5. The number of amides is 1. The fraction of sp³-hybridized carbons (Fsp3) is 0.406. The lowest BCUT2D eigenvalue weighted by molar-refractivity contribution is 0.0993. The number of pyridine rings is 1. The molecule has 0 aliphatic rings. The van der Waals surface area contributed by atoms with Crippen molar-refractivity contribution in [1.82, 2.24) is 19.9 Å². The monoisotopic (exact) mass is 575 g/mol. The second kappa shape index (κ2) is 14.2. The molecule has 1 unspecified atom stereocenters. The number of aryl methyl sites for hydroxylation is 1. The van der Waals surface area contributed by atoms with E-state index < -0.39 is 12.0 Å². The summed E-state index contributed by atoms with van der Waals surface area (Å²) in [6.07, 6.45) is 5.64. The Morgan fingerprint density at radius 1 is 1.12 bits per heavy atom. The number of H-pyrrole nitrogens is 1. The van der Waals surface area contributed by atoms with Gasteiger partial charge < -0.3 is 30.6 Å². The average molecular weight is 576 g/mol. The third kappa shape index (κ3) is 8.43. The van der Waals surface area contributed by atoms with E-state index in [9.17, 15) is 14.7 Å². The number of benzene rings is 2. The van der Waals surface area contributed by atoms with Gasteiger partial charge in [0.05, 0.1) is 11.1 Å². The molecule has 0 fully saturated rings. The molecule has 2 aromatic heterocycles. The molecule has 4 aromatic rings. The lowest BCUT2D eigenvalue weighted by atomic mass is 9.94. The number of imidazole rings is 1. The second-order valence-corrected chi connectivity index (χ2v) is 11.2. The number of carbonyl (C=O) groups is 1. The van der Waals surface area contributed by atoms with Crippen molar-refractivity contribution in [3.8, 4) is 17.4 Å². The van der Waals surface area contributed by atoms with Gasteiger partial charge in [-0.1, -0.05) is 44.4 Å². The number of carbonyl (C=O) groups excluding carboxylic acids is 1. The molecule has 0 aliphatic carbocycles. The predicted octanol–water partition coefficient (Wildman–Crippen LogP) is 4.55.